The first-order valence-electron chi connectivity index (χ1n) is 7.32. The van der Waals surface area contributed by atoms with E-state index in [1.165, 1.54) is 11.0 Å². The molecule has 2 rings (SSSR count). The number of hydrogen-bond acceptors (Lipinski definition) is 4. The van der Waals surface area contributed by atoms with E-state index in [9.17, 15) is 19.5 Å². The van der Waals surface area contributed by atoms with Crippen LogP contribution in [-0.2, 0) is 9.59 Å². The van der Waals surface area contributed by atoms with E-state index in [4.69, 9.17) is 16.3 Å². The second-order valence-corrected chi connectivity index (χ2v) is 6.05. The summed E-state index contributed by atoms with van der Waals surface area (Å²) in [4.78, 5) is 37.2. The minimum Gasteiger partial charge on any atom is -0.480 e. The Morgan fingerprint density at radius 1 is 1.43 bits per heavy atom. The fourth-order valence-electron chi connectivity index (χ4n) is 2.53. The molecule has 0 saturated carbocycles. The fourth-order valence-corrected chi connectivity index (χ4v) is 2.66. The molecule has 3 atom stereocenters. The number of nitrogens with zero attached hydrogens (tertiary/aromatic N) is 1. The second-order valence-electron chi connectivity index (χ2n) is 5.39. The number of benzene rings is 1. The summed E-state index contributed by atoms with van der Waals surface area (Å²) in [6.45, 7) is 4.80. The fraction of sp³-hybridized carbons (Fsp3) is 0.438. The monoisotopic (exact) mass is 339 g/mol. The van der Waals surface area contributed by atoms with E-state index < -0.39 is 29.4 Å². The van der Waals surface area contributed by atoms with E-state index in [1.807, 2.05) is 0 Å². The molecule has 0 saturated heterocycles. The van der Waals surface area contributed by atoms with E-state index in [-0.39, 0.29) is 17.9 Å². The number of Topliss-reactive ketones (excluding diaryl/α,β-unsaturated/α-hetero) is 1. The van der Waals surface area contributed by atoms with Crippen LogP contribution in [0.2, 0.25) is 0 Å². The number of anilines is 1. The van der Waals surface area contributed by atoms with Crippen LogP contribution in [0.25, 0.3) is 0 Å². The lowest BCUT2D eigenvalue weighted by atomic mass is 10.0. The molecule has 1 amide bonds. The average molecular weight is 340 g/mol. The number of ketones is 1. The largest absolute Gasteiger partial charge is 0.480 e. The molecule has 0 fully saturated rings. The number of fused-ring (bicyclic) bond motifs is 1. The summed E-state index contributed by atoms with van der Waals surface area (Å²) in [7, 11) is 0. The van der Waals surface area contributed by atoms with Crippen LogP contribution in [0.1, 0.15) is 37.6 Å². The van der Waals surface area contributed by atoms with Gasteiger partial charge in [-0.3, -0.25) is 14.5 Å². The van der Waals surface area contributed by atoms with Gasteiger partial charge in [0, 0.05) is 5.56 Å². The molecular formula is C16H18ClNO5. The van der Waals surface area contributed by atoms with Gasteiger partial charge in [-0.05, 0) is 38.5 Å². The number of rotatable bonds is 5. The van der Waals surface area contributed by atoms with Gasteiger partial charge in [-0.25, -0.2) is 4.79 Å². The van der Waals surface area contributed by atoms with Crippen LogP contribution in [0, 0.1) is 0 Å². The third-order valence-corrected chi connectivity index (χ3v) is 3.93. The number of carboxylic acid groups (broad SMARTS) is 1. The zero-order valence-electron chi connectivity index (χ0n) is 13.1. The van der Waals surface area contributed by atoms with Crippen LogP contribution in [0.5, 0.6) is 5.75 Å². The molecule has 0 aliphatic carbocycles. The Hall–Kier alpha value is -2.08. The number of amides is 1. The molecule has 1 aliphatic heterocycles. The molecule has 1 aromatic carbocycles. The Balaban J connectivity index is 2.57. The van der Waals surface area contributed by atoms with Gasteiger partial charge in [-0.2, -0.15) is 0 Å². The van der Waals surface area contributed by atoms with Crippen LogP contribution < -0.4 is 9.64 Å². The smallest absolute Gasteiger partial charge is 0.326 e. The van der Waals surface area contributed by atoms with E-state index in [0.717, 1.165) is 0 Å². The van der Waals surface area contributed by atoms with Gasteiger partial charge in [-0.15, -0.1) is 11.6 Å². The van der Waals surface area contributed by atoms with Gasteiger partial charge in [0.1, 0.15) is 11.8 Å². The van der Waals surface area contributed by atoms with Crippen molar-refractivity contribution in [2.24, 2.45) is 0 Å². The van der Waals surface area contributed by atoms with Crippen molar-refractivity contribution in [1.82, 2.24) is 0 Å². The highest BCUT2D eigenvalue weighted by Gasteiger charge is 2.39. The Morgan fingerprint density at radius 2 is 2.09 bits per heavy atom. The third kappa shape index (κ3) is 3.17. The molecular weight excluding hydrogens is 322 g/mol. The first-order valence-corrected chi connectivity index (χ1v) is 7.76. The Labute approximate surface area is 139 Å². The average Bonchev–Trinajstić information content (AvgIpc) is 2.50. The Morgan fingerprint density at radius 3 is 2.61 bits per heavy atom. The number of alkyl halides is 1. The highest BCUT2D eigenvalue weighted by Crippen LogP contribution is 2.37. The topological polar surface area (TPSA) is 83.9 Å². The lowest BCUT2D eigenvalue weighted by molar-refractivity contribution is -0.141. The highest BCUT2D eigenvalue weighted by atomic mass is 35.5. The molecule has 0 radical (unpaired) electrons. The molecule has 0 aromatic heterocycles. The second kappa shape index (κ2) is 6.58. The molecule has 0 spiro atoms. The standard InChI is InChI=1S/C16H18ClNO5/c1-4-11(16(21)22)18-12-7-10(14(19)8(2)17)5-6-13(12)23-9(3)15(18)20/h5-9,11H,4H2,1-3H3,(H,21,22). The van der Waals surface area contributed by atoms with Crippen molar-refractivity contribution in [3.8, 4) is 5.75 Å². The summed E-state index contributed by atoms with van der Waals surface area (Å²) >= 11 is 5.82. The molecule has 1 heterocycles. The quantitative estimate of drug-likeness (QED) is 0.658. The Bertz CT molecular complexity index is 658. The first kappa shape index (κ1) is 17.3. The summed E-state index contributed by atoms with van der Waals surface area (Å²) in [6, 6.07) is 3.56. The van der Waals surface area contributed by atoms with E-state index in [2.05, 4.69) is 0 Å². The Kier molecular flexibility index (Phi) is 4.94. The maximum Gasteiger partial charge on any atom is 0.326 e. The summed E-state index contributed by atoms with van der Waals surface area (Å²) in [5.41, 5.74) is 0.591. The number of carbonyl (C=O) groups is 3. The van der Waals surface area contributed by atoms with E-state index in [0.29, 0.717) is 11.3 Å². The van der Waals surface area contributed by atoms with Crippen LogP contribution >= 0.6 is 11.6 Å². The molecule has 6 nitrogen and oxygen atoms in total. The summed E-state index contributed by atoms with van der Waals surface area (Å²) in [5.74, 6) is -1.49. The predicted octanol–water partition coefficient (Wildman–Crippen LogP) is 2.47. The molecule has 7 heteroatoms. The number of ether oxygens (including phenoxy) is 1. The minimum absolute atomic E-state index is 0.233. The van der Waals surface area contributed by atoms with Crippen LogP contribution in [-0.4, -0.2) is 40.3 Å². The molecule has 1 aliphatic rings. The number of aliphatic carboxylic acids is 1. The van der Waals surface area contributed by atoms with Crippen molar-refractivity contribution in [3.63, 3.8) is 0 Å². The van der Waals surface area contributed by atoms with Crippen molar-refractivity contribution >= 4 is 34.9 Å². The van der Waals surface area contributed by atoms with Crippen molar-refractivity contribution in [3.05, 3.63) is 23.8 Å². The zero-order valence-corrected chi connectivity index (χ0v) is 13.8. The molecule has 1 aromatic rings. The van der Waals surface area contributed by atoms with Crippen LogP contribution in [0.3, 0.4) is 0 Å². The van der Waals surface area contributed by atoms with Crippen LogP contribution in [0.4, 0.5) is 5.69 Å². The molecule has 0 bridgehead atoms. The lowest BCUT2D eigenvalue weighted by Gasteiger charge is -2.36. The van der Waals surface area contributed by atoms with Crippen molar-refractivity contribution in [1.29, 1.82) is 0 Å². The van der Waals surface area contributed by atoms with Gasteiger partial charge < -0.3 is 9.84 Å². The summed E-state index contributed by atoms with van der Waals surface area (Å²) in [6.07, 6.45) is -0.554. The third-order valence-electron chi connectivity index (χ3n) is 3.74. The molecule has 124 valence electrons. The number of carboxylic acids is 1. The molecule has 23 heavy (non-hydrogen) atoms. The van der Waals surface area contributed by atoms with Gasteiger partial charge in [0.25, 0.3) is 5.91 Å². The van der Waals surface area contributed by atoms with Gasteiger partial charge in [0.05, 0.1) is 11.1 Å². The lowest BCUT2D eigenvalue weighted by Crippen LogP contribution is -2.52. The molecule has 3 unspecified atom stereocenters. The minimum atomic E-state index is -1.11. The highest BCUT2D eigenvalue weighted by molar-refractivity contribution is 6.33. The van der Waals surface area contributed by atoms with Gasteiger partial charge in [0.2, 0.25) is 0 Å². The van der Waals surface area contributed by atoms with Gasteiger partial charge in [-0.1, -0.05) is 6.92 Å². The molecule has 1 N–H and O–H groups in total. The van der Waals surface area contributed by atoms with Crippen LogP contribution in [0.15, 0.2) is 18.2 Å². The van der Waals surface area contributed by atoms with Crippen molar-refractivity contribution in [2.75, 3.05) is 4.90 Å². The van der Waals surface area contributed by atoms with Gasteiger partial charge >= 0.3 is 5.97 Å². The summed E-state index contributed by atoms with van der Waals surface area (Å²) in [5, 5.41) is 8.68. The SMILES string of the molecule is CCC(C(=O)O)N1C(=O)C(C)Oc2ccc(C(=O)C(C)Cl)cc21. The summed E-state index contributed by atoms with van der Waals surface area (Å²) < 4.78 is 5.52. The maximum atomic E-state index is 12.4. The normalized spacial score (nSPS) is 19.6. The van der Waals surface area contributed by atoms with Crippen molar-refractivity contribution in [2.45, 2.75) is 44.7 Å². The number of carbonyl (C=O) groups excluding carboxylic acids is 2. The predicted molar refractivity (Wildman–Crippen MR) is 85.4 cm³/mol. The van der Waals surface area contributed by atoms with E-state index in [1.54, 1.807) is 32.9 Å². The maximum absolute atomic E-state index is 12.4. The zero-order chi connectivity index (χ0) is 17.3. The van der Waals surface area contributed by atoms with E-state index >= 15 is 0 Å². The number of hydrogen-bond donors (Lipinski definition) is 1. The first-order chi connectivity index (χ1) is 10.8. The van der Waals surface area contributed by atoms with Crippen molar-refractivity contribution < 1.29 is 24.2 Å². The number of halogens is 1. The van der Waals surface area contributed by atoms with Gasteiger partial charge in [0.15, 0.2) is 11.9 Å².